The van der Waals surface area contributed by atoms with Crippen LogP contribution >= 0.6 is 11.3 Å². The molecule has 0 spiro atoms. The molecular formula is C22H26N2O2S. The predicted molar refractivity (Wildman–Crippen MR) is 106 cm³/mol. The Hall–Kier alpha value is -1.88. The van der Waals surface area contributed by atoms with Crippen LogP contribution in [-0.2, 0) is 6.54 Å². The summed E-state index contributed by atoms with van der Waals surface area (Å²) in [6.45, 7) is 0.639. The minimum atomic E-state index is 0.0124. The number of methoxy groups -OCH3 is 1. The van der Waals surface area contributed by atoms with Crippen molar-refractivity contribution < 1.29 is 9.53 Å². The number of carbonyl (C=O) groups is 1. The van der Waals surface area contributed by atoms with Crippen LogP contribution in [0, 0.1) is 17.8 Å². The molecule has 0 radical (unpaired) electrons. The second-order valence-corrected chi connectivity index (χ2v) is 9.48. The number of benzene rings is 1. The van der Waals surface area contributed by atoms with Crippen LogP contribution in [0.1, 0.15) is 54.6 Å². The van der Waals surface area contributed by atoms with Gasteiger partial charge in [0, 0.05) is 17.5 Å². The summed E-state index contributed by atoms with van der Waals surface area (Å²) in [6.07, 6.45) is 7.61. The average Bonchev–Trinajstić information content (AvgIpc) is 3.19. The average molecular weight is 383 g/mol. The molecule has 4 saturated carbocycles. The van der Waals surface area contributed by atoms with E-state index in [0.29, 0.717) is 12.2 Å². The normalized spacial score (nSPS) is 31.1. The zero-order chi connectivity index (χ0) is 18.4. The minimum absolute atomic E-state index is 0.0124. The molecule has 0 unspecified atom stereocenters. The summed E-state index contributed by atoms with van der Waals surface area (Å²) >= 11 is 1.50. The Morgan fingerprint density at radius 2 is 1.93 bits per heavy atom. The summed E-state index contributed by atoms with van der Waals surface area (Å²) < 4.78 is 5.40. The van der Waals surface area contributed by atoms with Crippen molar-refractivity contribution in [2.24, 2.45) is 17.8 Å². The molecule has 4 bridgehead atoms. The van der Waals surface area contributed by atoms with E-state index in [4.69, 9.17) is 4.74 Å². The van der Waals surface area contributed by atoms with Gasteiger partial charge in [0.2, 0.25) is 0 Å². The first-order valence-corrected chi connectivity index (χ1v) is 10.9. The number of nitrogens with zero attached hydrogens (tertiary/aromatic N) is 2. The lowest BCUT2D eigenvalue weighted by atomic mass is 9.52. The second kappa shape index (κ2) is 6.62. The zero-order valence-electron chi connectivity index (χ0n) is 15.8. The Labute approximate surface area is 164 Å². The molecule has 4 nitrogen and oxygen atoms in total. The minimum Gasteiger partial charge on any atom is -0.497 e. The van der Waals surface area contributed by atoms with E-state index >= 15 is 0 Å². The number of thiazole rings is 1. The third-order valence-electron chi connectivity index (χ3n) is 6.95. The first-order valence-electron chi connectivity index (χ1n) is 9.98. The van der Waals surface area contributed by atoms with Crippen molar-refractivity contribution in [1.82, 2.24) is 9.88 Å². The molecule has 1 aromatic heterocycles. The maximum absolute atomic E-state index is 13.5. The molecule has 1 heterocycles. The van der Waals surface area contributed by atoms with E-state index in [1.807, 2.05) is 17.5 Å². The summed E-state index contributed by atoms with van der Waals surface area (Å²) in [6, 6.07) is 8.13. The van der Waals surface area contributed by atoms with Crippen LogP contribution in [0.4, 0.5) is 0 Å². The van der Waals surface area contributed by atoms with Gasteiger partial charge in [-0.1, -0.05) is 12.1 Å². The van der Waals surface area contributed by atoms with Crippen molar-refractivity contribution in [3.05, 3.63) is 46.4 Å². The molecule has 0 aliphatic heterocycles. The lowest BCUT2D eigenvalue weighted by molar-refractivity contribution is -0.0777. The molecule has 1 amide bonds. The summed E-state index contributed by atoms with van der Waals surface area (Å²) in [5.41, 5.74) is 3.50. The molecule has 27 heavy (non-hydrogen) atoms. The molecule has 6 rings (SSSR count). The van der Waals surface area contributed by atoms with Gasteiger partial charge >= 0.3 is 0 Å². The summed E-state index contributed by atoms with van der Waals surface area (Å²) in [5, 5.41) is 1.89. The van der Waals surface area contributed by atoms with Crippen LogP contribution in [-0.4, -0.2) is 28.4 Å². The van der Waals surface area contributed by atoms with Gasteiger partial charge in [-0.3, -0.25) is 4.79 Å². The van der Waals surface area contributed by atoms with Gasteiger partial charge in [0.1, 0.15) is 11.4 Å². The van der Waals surface area contributed by atoms with Crippen molar-refractivity contribution in [1.29, 1.82) is 0 Å². The van der Waals surface area contributed by atoms with Crippen molar-refractivity contribution >= 4 is 17.2 Å². The summed E-state index contributed by atoms with van der Waals surface area (Å²) in [4.78, 5) is 20.0. The first kappa shape index (κ1) is 17.2. The number of aromatic nitrogens is 1. The Morgan fingerprint density at radius 3 is 2.52 bits per heavy atom. The highest BCUT2D eigenvalue weighted by molar-refractivity contribution is 7.07. The lowest BCUT2D eigenvalue weighted by Crippen LogP contribution is -2.61. The highest BCUT2D eigenvalue weighted by Crippen LogP contribution is 2.58. The van der Waals surface area contributed by atoms with Crippen molar-refractivity contribution in [2.75, 3.05) is 7.11 Å². The van der Waals surface area contributed by atoms with E-state index < -0.39 is 0 Å². The van der Waals surface area contributed by atoms with Gasteiger partial charge in [0.05, 0.1) is 12.6 Å². The Balaban J connectivity index is 1.51. The van der Waals surface area contributed by atoms with Gasteiger partial charge < -0.3 is 9.64 Å². The third-order valence-corrected chi connectivity index (χ3v) is 7.54. The van der Waals surface area contributed by atoms with E-state index in [1.54, 1.807) is 12.6 Å². The molecule has 4 fully saturated rings. The molecule has 1 aromatic carbocycles. The standard InChI is InChI=1S/C22H26N2O2S/c1-26-19-4-2-3-15(8-19)12-24(21(25)20-13-27-14-23-20)22-9-16-5-17(10-22)7-18(6-16)11-22/h2-4,8,13-14,16-18H,5-7,9-12H2,1H3. The Bertz CT molecular complexity index is 797. The van der Waals surface area contributed by atoms with E-state index in [0.717, 1.165) is 29.1 Å². The zero-order valence-corrected chi connectivity index (χ0v) is 16.6. The fourth-order valence-corrected chi connectivity index (χ4v) is 6.79. The topological polar surface area (TPSA) is 42.4 Å². The van der Waals surface area contributed by atoms with Gasteiger partial charge in [-0.2, -0.15) is 0 Å². The van der Waals surface area contributed by atoms with Gasteiger partial charge in [0.25, 0.3) is 5.91 Å². The quantitative estimate of drug-likeness (QED) is 0.748. The van der Waals surface area contributed by atoms with Crippen LogP contribution in [0.15, 0.2) is 35.2 Å². The SMILES string of the molecule is COc1cccc(CN(C(=O)c2cscn2)C23CC4CC(CC(C4)C2)C3)c1. The van der Waals surface area contributed by atoms with Crippen LogP contribution in [0.25, 0.3) is 0 Å². The molecule has 5 heteroatoms. The molecular weight excluding hydrogens is 356 g/mol. The van der Waals surface area contributed by atoms with Crippen LogP contribution in [0.5, 0.6) is 5.75 Å². The number of hydrogen-bond donors (Lipinski definition) is 0. The van der Waals surface area contributed by atoms with Crippen molar-refractivity contribution in [2.45, 2.75) is 50.6 Å². The van der Waals surface area contributed by atoms with E-state index in [9.17, 15) is 4.79 Å². The van der Waals surface area contributed by atoms with E-state index in [1.165, 1.54) is 49.9 Å². The molecule has 142 valence electrons. The summed E-state index contributed by atoms with van der Waals surface area (Å²) in [7, 11) is 1.69. The smallest absolute Gasteiger partial charge is 0.274 e. The monoisotopic (exact) mass is 382 g/mol. The summed E-state index contributed by atoms with van der Waals surface area (Å²) in [5.74, 6) is 3.34. The maximum Gasteiger partial charge on any atom is 0.274 e. The number of carbonyl (C=O) groups excluding carboxylic acids is 1. The molecule has 2 aromatic rings. The highest BCUT2D eigenvalue weighted by atomic mass is 32.1. The van der Waals surface area contributed by atoms with Gasteiger partial charge in [-0.05, 0) is 74.0 Å². The van der Waals surface area contributed by atoms with Gasteiger partial charge in [-0.15, -0.1) is 11.3 Å². The number of rotatable bonds is 5. The van der Waals surface area contributed by atoms with Gasteiger partial charge in [-0.25, -0.2) is 4.98 Å². The number of ether oxygens (including phenoxy) is 1. The van der Waals surface area contributed by atoms with Crippen LogP contribution in [0.2, 0.25) is 0 Å². The molecule has 4 aliphatic carbocycles. The molecule has 0 N–H and O–H groups in total. The fraction of sp³-hybridized carbons (Fsp3) is 0.545. The first-order chi connectivity index (χ1) is 13.1. The maximum atomic E-state index is 13.5. The van der Waals surface area contributed by atoms with Crippen molar-refractivity contribution in [3.63, 3.8) is 0 Å². The largest absolute Gasteiger partial charge is 0.497 e. The molecule has 0 saturated heterocycles. The predicted octanol–water partition coefficient (Wildman–Crippen LogP) is 4.76. The highest BCUT2D eigenvalue weighted by Gasteiger charge is 2.54. The number of amides is 1. The van der Waals surface area contributed by atoms with E-state index in [2.05, 4.69) is 22.0 Å². The van der Waals surface area contributed by atoms with E-state index in [-0.39, 0.29) is 11.4 Å². The van der Waals surface area contributed by atoms with Crippen molar-refractivity contribution in [3.8, 4) is 5.75 Å². The van der Waals surface area contributed by atoms with Crippen LogP contribution in [0.3, 0.4) is 0 Å². The lowest BCUT2D eigenvalue weighted by Gasteiger charge is -2.60. The second-order valence-electron chi connectivity index (χ2n) is 8.76. The molecule has 4 aliphatic rings. The number of hydrogen-bond acceptors (Lipinski definition) is 4. The van der Waals surface area contributed by atoms with Crippen LogP contribution < -0.4 is 4.74 Å². The van der Waals surface area contributed by atoms with Gasteiger partial charge in [0.15, 0.2) is 0 Å². The Morgan fingerprint density at radius 1 is 1.22 bits per heavy atom. The third kappa shape index (κ3) is 3.06. The fourth-order valence-electron chi connectivity index (χ4n) is 6.26. The Kier molecular flexibility index (Phi) is 4.23. The molecule has 0 atom stereocenters.